The van der Waals surface area contributed by atoms with Crippen molar-refractivity contribution < 1.29 is 27.2 Å². The maximum Gasteiger partial charge on any atom is 0.410 e. The van der Waals surface area contributed by atoms with Crippen LogP contribution in [-0.2, 0) is 27.0 Å². The molecule has 0 aromatic heterocycles. The highest BCUT2D eigenvalue weighted by Gasteiger charge is 2.44. The number of alkyl carbamates (subject to hydrolysis) is 1. The van der Waals surface area contributed by atoms with Gasteiger partial charge in [0.2, 0.25) is 0 Å². The minimum atomic E-state index is -4.25. The van der Waals surface area contributed by atoms with Gasteiger partial charge in [0.1, 0.15) is 5.75 Å². The predicted molar refractivity (Wildman–Crippen MR) is 87.1 cm³/mol. The van der Waals surface area contributed by atoms with Crippen LogP contribution in [0.3, 0.4) is 0 Å². The van der Waals surface area contributed by atoms with Gasteiger partial charge in [-0.3, -0.25) is 4.55 Å². The van der Waals surface area contributed by atoms with Crippen molar-refractivity contribution in [3.8, 4) is 5.75 Å². The fourth-order valence-electron chi connectivity index (χ4n) is 2.46. The second-order valence-corrected chi connectivity index (χ2v) is 7.69. The van der Waals surface area contributed by atoms with E-state index in [-0.39, 0.29) is 6.54 Å². The first-order valence-corrected chi connectivity index (χ1v) is 8.88. The van der Waals surface area contributed by atoms with Gasteiger partial charge in [-0.05, 0) is 38.5 Å². The van der Waals surface area contributed by atoms with Gasteiger partial charge in [-0.2, -0.15) is 12.7 Å². The Morgan fingerprint density at radius 1 is 1.46 bits per heavy atom. The number of benzene rings is 1. The summed E-state index contributed by atoms with van der Waals surface area (Å²) in [5.74, 6) is 0.576. The van der Waals surface area contributed by atoms with Gasteiger partial charge in [0.05, 0.1) is 5.41 Å². The number of hydrogen-bond donors (Lipinski definition) is 2. The summed E-state index contributed by atoms with van der Waals surface area (Å²) in [6.45, 7) is 6.00. The van der Waals surface area contributed by atoms with E-state index >= 15 is 0 Å². The van der Waals surface area contributed by atoms with Crippen LogP contribution in [0.2, 0.25) is 0 Å². The highest BCUT2D eigenvalue weighted by molar-refractivity contribution is 7.83. The highest BCUT2D eigenvalue weighted by Crippen LogP contribution is 2.43. The minimum absolute atomic E-state index is 0.0179. The first-order valence-electron chi connectivity index (χ1n) is 7.49. The van der Waals surface area contributed by atoms with Crippen LogP contribution < -0.4 is 10.1 Å². The normalized spacial score (nSPS) is 18.8. The molecule has 24 heavy (non-hydrogen) atoms. The molecule has 0 saturated heterocycles. The number of nitrogens with one attached hydrogen (secondary N) is 1. The molecule has 2 rings (SSSR count). The third-order valence-corrected chi connectivity index (χ3v) is 4.81. The lowest BCUT2D eigenvalue weighted by Crippen LogP contribution is -2.39. The molecule has 0 radical (unpaired) electrons. The van der Waals surface area contributed by atoms with Crippen molar-refractivity contribution in [3.63, 3.8) is 0 Å². The lowest BCUT2D eigenvalue weighted by atomic mass is 9.84. The molecule has 0 bridgehead atoms. The van der Waals surface area contributed by atoms with Crippen molar-refractivity contribution in [2.45, 2.75) is 39.0 Å². The van der Waals surface area contributed by atoms with E-state index in [2.05, 4.69) is 5.32 Å². The largest absolute Gasteiger partial charge is 0.453 e. The summed E-state index contributed by atoms with van der Waals surface area (Å²) in [6.07, 6.45) is -1.34. The standard InChI is InChI=1S/C15H22N2O6S/c1-5-16-14(18)23-13-15(2,3)11-8-10(6-7-12(11)22-13)9-17(4)24(19,20)21/h6-8,13H,5,9H2,1-4H3,(H,16,18)(H,19,20,21). The lowest BCUT2D eigenvalue weighted by molar-refractivity contribution is -0.0562. The van der Waals surface area contributed by atoms with Crippen molar-refractivity contribution in [2.24, 2.45) is 0 Å². The topological polar surface area (TPSA) is 105 Å². The number of rotatable bonds is 5. The van der Waals surface area contributed by atoms with E-state index in [0.717, 1.165) is 9.87 Å². The molecular formula is C15H22N2O6S. The third kappa shape index (κ3) is 3.80. The van der Waals surface area contributed by atoms with Crippen LogP contribution in [-0.4, -0.2) is 43.3 Å². The Bertz CT molecular complexity index is 731. The molecule has 1 aliphatic heterocycles. The van der Waals surface area contributed by atoms with Crippen LogP contribution >= 0.6 is 0 Å². The summed E-state index contributed by atoms with van der Waals surface area (Å²) in [4.78, 5) is 11.6. The molecule has 9 heteroatoms. The van der Waals surface area contributed by atoms with Crippen molar-refractivity contribution in [2.75, 3.05) is 13.6 Å². The Kier molecular flexibility index (Phi) is 5.07. The molecule has 1 unspecified atom stereocenters. The molecule has 1 atom stereocenters. The minimum Gasteiger partial charge on any atom is -0.453 e. The maximum atomic E-state index is 11.6. The Morgan fingerprint density at radius 3 is 2.71 bits per heavy atom. The Morgan fingerprint density at radius 2 is 2.12 bits per heavy atom. The number of nitrogens with zero attached hydrogens (tertiary/aromatic N) is 1. The van der Waals surface area contributed by atoms with Crippen LogP contribution in [0.4, 0.5) is 4.79 Å². The summed E-state index contributed by atoms with van der Waals surface area (Å²) < 4.78 is 43.1. The molecule has 8 nitrogen and oxygen atoms in total. The van der Waals surface area contributed by atoms with Gasteiger partial charge < -0.3 is 14.8 Å². The van der Waals surface area contributed by atoms with E-state index in [0.29, 0.717) is 17.9 Å². The zero-order valence-electron chi connectivity index (χ0n) is 14.1. The van der Waals surface area contributed by atoms with E-state index in [1.807, 2.05) is 13.8 Å². The van der Waals surface area contributed by atoms with Gasteiger partial charge in [0.25, 0.3) is 6.29 Å². The Labute approximate surface area is 141 Å². The molecule has 134 valence electrons. The lowest BCUT2D eigenvalue weighted by Gasteiger charge is -2.25. The molecule has 0 spiro atoms. The SMILES string of the molecule is CCNC(=O)OC1Oc2ccc(CN(C)S(=O)(=O)O)cc2C1(C)C. The smallest absolute Gasteiger partial charge is 0.410 e. The molecule has 1 amide bonds. The summed E-state index contributed by atoms with van der Waals surface area (Å²) >= 11 is 0. The average molecular weight is 358 g/mol. The number of carbonyl (C=O) groups excluding carboxylic acids is 1. The second-order valence-electron chi connectivity index (χ2n) is 6.17. The molecule has 0 saturated carbocycles. The average Bonchev–Trinajstić information content (AvgIpc) is 2.70. The van der Waals surface area contributed by atoms with Crippen LogP contribution in [0, 0.1) is 0 Å². The van der Waals surface area contributed by atoms with Crippen molar-refractivity contribution in [1.29, 1.82) is 0 Å². The van der Waals surface area contributed by atoms with E-state index in [1.165, 1.54) is 7.05 Å². The van der Waals surface area contributed by atoms with Crippen molar-refractivity contribution in [1.82, 2.24) is 9.62 Å². The zero-order valence-corrected chi connectivity index (χ0v) is 14.9. The van der Waals surface area contributed by atoms with Gasteiger partial charge in [-0.25, -0.2) is 4.79 Å². The Hall–Kier alpha value is -1.84. The first kappa shape index (κ1) is 18.5. The molecule has 1 aliphatic rings. The molecule has 1 heterocycles. The monoisotopic (exact) mass is 358 g/mol. The molecular weight excluding hydrogens is 336 g/mol. The second kappa shape index (κ2) is 6.58. The van der Waals surface area contributed by atoms with Crippen LogP contribution in [0.15, 0.2) is 18.2 Å². The molecule has 0 fully saturated rings. The van der Waals surface area contributed by atoms with E-state index in [4.69, 9.17) is 14.0 Å². The quantitative estimate of drug-likeness (QED) is 0.776. The van der Waals surface area contributed by atoms with Crippen LogP contribution in [0.25, 0.3) is 0 Å². The predicted octanol–water partition coefficient (Wildman–Crippen LogP) is 1.66. The number of carbonyl (C=O) groups is 1. The van der Waals surface area contributed by atoms with E-state index < -0.39 is 28.1 Å². The van der Waals surface area contributed by atoms with E-state index in [9.17, 15) is 13.2 Å². The molecule has 1 aromatic carbocycles. The fraction of sp³-hybridized carbons (Fsp3) is 0.533. The number of fused-ring (bicyclic) bond motifs is 1. The van der Waals surface area contributed by atoms with E-state index in [1.54, 1.807) is 25.1 Å². The summed E-state index contributed by atoms with van der Waals surface area (Å²) in [6, 6.07) is 5.19. The van der Waals surface area contributed by atoms with Gasteiger partial charge >= 0.3 is 16.4 Å². The van der Waals surface area contributed by atoms with Gasteiger partial charge in [0, 0.05) is 25.7 Å². The Balaban J connectivity index is 2.21. The molecule has 1 aromatic rings. The van der Waals surface area contributed by atoms with Crippen molar-refractivity contribution in [3.05, 3.63) is 29.3 Å². The zero-order chi connectivity index (χ0) is 18.1. The van der Waals surface area contributed by atoms with Crippen LogP contribution in [0.5, 0.6) is 5.75 Å². The number of hydrogen-bond acceptors (Lipinski definition) is 5. The maximum absolute atomic E-state index is 11.6. The number of ether oxygens (including phenoxy) is 2. The third-order valence-electron chi connectivity index (χ3n) is 3.90. The highest BCUT2D eigenvalue weighted by atomic mass is 32.2. The first-order chi connectivity index (χ1) is 11.1. The molecule has 2 N–H and O–H groups in total. The van der Waals surface area contributed by atoms with Gasteiger partial charge in [0.15, 0.2) is 0 Å². The van der Waals surface area contributed by atoms with Crippen molar-refractivity contribution >= 4 is 16.4 Å². The molecule has 0 aliphatic carbocycles. The summed E-state index contributed by atoms with van der Waals surface area (Å²) in [7, 11) is -2.97. The fourth-order valence-corrected chi connectivity index (χ4v) is 2.78. The van der Waals surface area contributed by atoms with Gasteiger partial charge in [-0.1, -0.05) is 6.07 Å². The summed E-state index contributed by atoms with van der Waals surface area (Å²) in [5, 5.41) is 2.55. The summed E-state index contributed by atoms with van der Waals surface area (Å²) in [5.41, 5.74) is 0.884. The van der Waals surface area contributed by atoms with Gasteiger partial charge in [-0.15, -0.1) is 0 Å². The van der Waals surface area contributed by atoms with Crippen LogP contribution in [0.1, 0.15) is 31.9 Å². The number of amides is 1.